The van der Waals surface area contributed by atoms with E-state index in [0.29, 0.717) is 33.0 Å². The van der Waals surface area contributed by atoms with E-state index in [1.165, 1.54) is 0 Å². The molecule has 0 aliphatic carbocycles. The van der Waals surface area contributed by atoms with E-state index in [1.54, 1.807) is 36.9 Å². The predicted molar refractivity (Wildman–Crippen MR) is 131 cm³/mol. The fourth-order valence-electron chi connectivity index (χ4n) is 4.16. The van der Waals surface area contributed by atoms with E-state index in [0.717, 1.165) is 22.5 Å². The summed E-state index contributed by atoms with van der Waals surface area (Å²) < 4.78 is 7.98. The number of hydrogen-bond donors (Lipinski definition) is 2. The Morgan fingerprint density at radius 3 is 2.61 bits per heavy atom. The van der Waals surface area contributed by atoms with E-state index in [2.05, 4.69) is 10.3 Å². The fourth-order valence-corrected chi connectivity index (χ4v) is 4.35. The average molecular weight is 465 g/mol. The number of halogens is 1. The van der Waals surface area contributed by atoms with Crippen molar-refractivity contribution in [1.82, 2.24) is 9.55 Å². The van der Waals surface area contributed by atoms with Crippen LogP contribution in [0.2, 0.25) is 5.15 Å². The van der Waals surface area contributed by atoms with E-state index >= 15 is 0 Å². The summed E-state index contributed by atoms with van der Waals surface area (Å²) in [4.78, 5) is 29.7. The van der Waals surface area contributed by atoms with Crippen molar-refractivity contribution in [3.05, 3.63) is 80.0 Å². The van der Waals surface area contributed by atoms with Crippen molar-refractivity contribution in [2.45, 2.75) is 33.7 Å². The van der Waals surface area contributed by atoms with E-state index in [1.807, 2.05) is 39.0 Å². The van der Waals surface area contributed by atoms with E-state index in [-0.39, 0.29) is 17.2 Å². The van der Waals surface area contributed by atoms with E-state index in [4.69, 9.17) is 21.8 Å². The fraction of sp³-hybridized carbons (Fsp3) is 0.240. The Morgan fingerprint density at radius 1 is 1.21 bits per heavy atom. The Labute approximate surface area is 196 Å². The number of nitrogens with one attached hydrogen (secondary N) is 1. The van der Waals surface area contributed by atoms with Gasteiger partial charge in [-0.3, -0.25) is 9.59 Å². The minimum atomic E-state index is -0.593. The maximum absolute atomic E-state index is 13.4. The van der Waals surface area contributed by atoms with E-state index in [9.17, 15) is 9.59 Å². The van der Waals surface area contributed by atoms with Gasteiger partial charge in [-0.15, -0.1) is 0 Å². The first-order valence-electron chi connectivity index (χ1n) is 10.5. The molecule has 8 heteroatoms. The lowest BCUT2D eigenvalue weighted by molar-refractivity contribution is 0.0993. The SMILES string of the molecule is Cc1cc(C(C)Nc2ccc(Cl)nc2C)c2oc(-c3ccn(C)c3C(N)=O)c(C)c(=O)c2c1. The van der Waals surface area contributed by atoms with Gasteiger partial charge >= 0.3 is 0 Å². The topological polar surface area (TPSA) is 103 Å². The lowest BCUT2D eigenvalue weighted by Crippen LogP contribution is -2.17. The Hall–Kier alpha value is -3.58. The molecule has 0 bridgehead atoms. The van der Waals surface area contributed by atoms with Gasteiger partial charge in [0, 0.05) is 29.9 Å². The van der Waals surface area contributed by atoms with Crippen molar-refractivity contribution in [3.8, 4) is 11.3 Å². The van der Waals surface area contributed by atoms with Crippen LogP contribution < -0.4 is 16.5 Å². The van der Waals surface area contributed by atoms with Gasteiger partial charge in [0.15, 0.2) is 5.43 Å². The average Bonchev–Trinajstić information content (AvgIpc) is 3.14. The van der Waals surface area contributed by atoms with E-state index < -0.39 is 5.91 Å². The third kappa shape index (κ3) is 4.00. The number of benzene rings is 1. The molecule has 33 heavy (non-hydrogen) atoms. The van der Waals surface area contributed by atoms with Crippen molar-refractivity contribution < 1.29 is 9.21 Å². The molecule has 0 spiro atoms. The van der Waals surface area contributed by atoms with Gasteiger partial charge in [-0.05, 0) is 57.5 Å². The molecule has 0 fully saturated rings. The third-order valence-electron chi connectivity index (χ3n) is 5.83. The number of aryl methyl sites for hydroxylation is 3. The van der Waals surface area contributed by atoms with Crippen molar-refractivity contribution in [2.75, 3.05) is 5.32 Å². The molecule has 0 saturated heterocycles. The largest absolute Gasteiger partial charge is 0.455 e. The monoisotopic (exact) mass is 464 g/mol. The molecule has 1 aromatic carbocycles. The number of fused-ring (bicyclic) bond motifs is 1. The highest BCUT2D eigenvalue weighted by molar-refractivity contribution is 6.29. The van der Waals surface area contributed by atoms with Crippen molar-refractivity contribution in [1.29, 1.82) is 0 Å². The number of nitrogens with two attached hydrogens (primary N) is 1. The number of carbonyl (C=O) groups is 1. The van der Waals surface area contributed by atoms with Crippen LogP contribution in [0.5, 0.6) is 0 Å². The van der Waals surface area contributed by atoms with Crippen LogP contribution in [-0.4, -0.2) is 15.5 Å². The highest BCUT2D eigenvalue weighted by Gasteiger charge is 2.23. The van der Waals surface area contributed by atoms with Crippen LogP contribution in [-0.2, 0) is 7.05 Å². The number of anilines is 1. The second-order valence-corrected chi connectivity index (χ2v) is 8.69. The summed E-state index contributed by atoms with van der Waals surface area (Å²) in [6.07, 6.45) is 1.72. The molecule has 0 radical (unpaired) electrons. The zero-order valence-electron chi connectivity index (χ0n) is 19.1. The lowest BCUT2D eigenvalue weighted by Gasteiger charge is -2.19. The summed E-state index contributed by atoms with van der Waals surface area (Å²) in [5.74, 6) is -0.256. The molecule has 7 nitrogen and oxygen atoms in total. The standard InChI is InChI=1S/C25H25ClN4O3/c1-12-10-17(14(3)28-19-6-7-20(26)29-15(19)4)24-18(11-12)22(31)13(2)23(33-24)16-8-9-30(5)21(16)25(27)32/h6-11,14,28H,1-5H3,(H2,27,32). The highest BCUT2D eigenvalue weighted by atomic mass is 35.5. The van der Waals surface area contributed by atoms with Crippen LogP contribution in [0.25, 0.3) is 22.3 Å². The van der Waals surface area contributed by atoms with Crippen LogP contribution in [0.3, 0.4) is 0 Å². The molecule has 0 aliphatic rings. The molecule has 3 N–H and O–H groups in total. The van der Waals surface area contributed by atoms with Gasteiger partial charge < -0.3 is 20.0 Å². The normalized spacial score (nSPS) is 12.2. The van der Waals surface area contributed by atoms with Crippen molar-refractivity contribution >= 4 is 34.2 Å². The van der Waals surface area contributed by atoms with Crippen molar-refractivity contribution in [2.24, 2.45) is 12.8 Å². The molecule has 4 rings (SSSR count). The zero-order chi connectivity index (χ0) is 24.0. The Kier molecular flexibility index (Phi) is 5.76. The number of pyridine rings is 1. The summed E-state index contributed by atoms with van der Waals surface area (Å²) in [6.45, 7) is 7.50. The molecule has 1 atom stereocenters. The molecule has 3 heterocycles. The first kappa shape index (κ1) is 22.6. The summed E-state index contributed by atoms with van der Waals surface area (Å²) in [5, 5.41) is 4.35. The highest BCUT2D eigenvalue weighted by Crippen LogP contribution is 2.34. The van der Waals surface area contributed by atoms with Gasteiger partial charge in [0.1, 0.15) is 22.2 Å². The van der Waals surface area contributed by atoms with Gasteiger partial charge in [-0.2, -0.15) is 0 Å². The Bertz CT molecular complexity index is 1470. The number of aromatic nitrogens is 2. The first-order chi connectivity index (χ1) is 15.6. The molecule has 0 saturated carbocycles. The van der Waals surface area contributed by atoms with Gasteiger partial charge in [0.05, 0.1) is 22.8 Å². The smallest absolute Gasteiger partial charge is 0.266 e. The van der Waals surface area contributed by atoms with Gasteiger partial charge in [0.25, 0.3) is 5.91 Å². The second-order valence-electron chi connectivity index (χ2n) is 8.30. The zero-order valence-corrected chi connectivity index (χ0v) is 19.9. The van der Waals surface area contributed by atoms with Gasteiger partial charge in [-0.25, -0.2) is 4.98 Å². The predicted octanol–water partition coefficient (Wildman–Crippen LogP) is 5.04. The number of nitrogens with zero attached hydrogens (tertiary/aromatic N) is 2. The quantitative estimate of drug-likeness (QED) is 0.402. The number of hydrogen-bond acceptors (Lipinski definition) is 5. The first-order valence-corrected chi connectivity index (χ1v) is 10.9. The van der Waals surface area contributed by atoms with Crippen LogP contribution in [0.15, 0.2) is 45.7 Å². The number of carbonyl (C=O) groups excluding carboxylic acids is 1. The van der Waals surface area contributed by atoms with Gasteiger partial charge in [0.2, 0.25) is 0 Å². The van der Waals surface area contributed by atoms with Crippen LogP contribution in [0, 0.1) is 20.8 Å². The van der Waals surface area contributed by atoms with Crippen molar-refractivity contribution in [3.63, 3.8) is 0 Å². The second kappa shape index (κ2) is 8.41. The Morgan fingerprint density at radius 2 is 1.94 bits per heavy atom. The minimum absolute atomic E-state index is 0.146. The van der Waals surface area contributed by atoms with Gasteiger partial charge in [-0.1, -0.05) is 17.7 Å². The summed E-state index contributed by atoms with van der Waals surface area (Å²) in [5.41, 5.74) is 10.5. The van der Waals surface area contributed by atoms with Crippen LogP contribution >= 0.6 is 11.6 Å². The summed E-state index contributed by atoms with van der Waals surface area (Å²) >= 11 is 5.99. The maximum atomic E-state index is 13.4. The van der Waals surface area contributed by atoms with Crippen LogP contribution in [0.4, 0.5) is 5.69 Å². The number of primary amides is 1. The molecule has 1 amide bonds. The molecule has 0 aliphatic heterocycles. The molecular formula is C25H25ClN4O3. The van der Waals surface area contributed by atoms with Crippen LogP contribution in [0.1, 0.15) is 45.8 Å². The maximum Gasteiger partial charge on any atom is 0.266 e. The summed E-state index contributed by atoms with van der Waals surface area (Å²) in [7, 11) is 1.72. The lowest BCUT2D eigenvalue weighted by atomic mass is 9.98. The molecule has 3 aromatic heterocycles. The molecular weight excluding hydrogens is 440 g/mol. The minimum Gasteiger partial charge on any atom is -0.455 e. The molecule has 1 unspecified atom stereocenters. The Balaban J connectivity index is 1.93. The third-order valence-corrected chi connectivity index (χ3v) is 6.04. The summed E-state index contributed by atoms with van der Waals surface area (Å²) in [6, 6.07) is 8.92. The number of amides is 1. The number of rotatable bonds is 5. The molecule has 170 valence electrons. The molecule has 4 aromatic rings.